The Morgan fingerprint density at radius 1 is 1.71 bits per heavy atom. The van der Waals surface area contributed by atoms with Crippen molar-refractivity contribution in [1.82, 2.24) is 9.55 Å². The van der Waals surface area contributed by atoms with E-state index in [1.54, 1.807) is 6.33 Å². The van der Waals surface area contributed by atoms with Gasteiger partial charge in [-0.25, -0.2) is 9.78 Å². The number of hydrogen-bond donors (Lipinski definition) is 1. The molecule has 0 saturated carbocycles. The summed E-state index contributed by atoms with van der Waals surface area (Å²) >= 11 is 0. The Hall–Kier alpha value is -1.58. The number of aliphatic carboxylic acids is 1. The van der Waals surface area contributed by atoms with Gasteiger partial charge in [0.05, 0.1) is 12.0 Å². The van der Waals surface area contributed by atoms with Crippen LogP contribution in [0.1, 0.15) is 25.5 Å². The van der Waals surface area contributed by atoms with Crippen LogP contribution in [0.3, 0.4) is 0 Å². The molecular formula is C10H14N2O2. The monoisotopic (exact) mass is 194 g/mol. The summed E-state index contributed by atoms with van der Waals surface area (Å²) in [6.45, 7) is 3.06. The first-order valence-electron chi connectivity index (χ1n) is 4.65. The third-order valence-corrected chi connectivity index (χ3v) is 1.82. The molecule has 1 heterocycles. The van der Waals surface area contributed by atoms with Gasteiger partial charge in [-0.1, -0.05) is 13.3 Å². The van der Waals surface area contributed by atoms with Crippen LogP contribution in [0.15, 0.2) is 18.6 Å². The second-order valence-electron chi connectivity index (χ2n) is 3.06. The van der Waals surface area contributed by atoms with Crippen LogP contribution in [0.4, 0.5) is 0 Å². The summed E-state index contributed by atoms with van der Waals surface area (Å²) in [5.74, 6) is -0.951. The zero-order chi connectivity index (χ0) is 10.4. The van der Waals surface area contributed by atoms with E-state index in [-0.39, 0.29) is 0 Å². The average molecular weight is 194 g/mol. The second-order valence-corrected chi connectivity index (χ2v) is 3.06. The highest BCUT2D eigenvalue weighted by atomic mass is 16.4. The number of imidazole rings is 1. The standard InChI is InChI=1S/C10H14N2O2/c1-2-3-6-12-7-9(11-8-12)4-5-10(13)14/h4-5,7-8H,2-3,6H2,1H3,(H,13,14)/b5-4+. The summed E-state index contributed by atoms with van der Waals surface area (Å²) < 4.78 is 1.96. The van der Waals surface area contributed by atoms with Crippen molar-refractivity contribution < 1.29 is 9.90 Å². The van der Waals surface area contributed by atoms with Gasteiger partial charge < -0.3 is 9.67 Å². The molecule has 0 atom stereocenters. The predicted molar refractivity (Wildman–Crippen MR) is 53.8 cm³/mol. The van der Waals surface area contributed by atoms with Crippen molar-refractivity contribution in [1.29, 1.82) is 0 Å². The molecule has 1 aromatic rings. The first kappa shape index (κ1) is 10.5. The molecule has 1 aromatic heterocycles. The van der Waals surface area contributed by atoms with Crippen molar-refractivity contribution in [2.24, 2.45) is 0 Å². The van der Waals surface area contributed by atoms with Gasteiger partial charge in [0.1, 0.15) is 0 Å². The Balaban J connectivity index is 2.54. The average Bonchev–Trinajstić information content (AvgIpc) is 2.59. The van der Waals surface area contributed by atoms with Crippen molar-refractivity contribution in [3.05, 3.63) is 24.3 Å². The lowest BCUT2D eigenvalue weighted by Crippen LogP contribution is -1.92. The summed E-state index contributed by atoms with van der Waals surface area (Å²) in [5, 5.41) is 8.40. The van der Waals surface area contributed by atoms with Crippen LogP contribution in [0.25, 0.3) is 6.08 Å². The molecule has 0 fully saturated rings. The molecule has 0 unspecified atom stereocenters. The Labute approximate surface area is 82.9 Å². The lowest BCUT2D eigenvalue weighted by molar-refractivity contribution is -0.131. The molecule has 1 N–H and O–H groups in total. The molecule has 0 bridgehead atoms. The largest absolute Gasteiger partial charge is 0.478 e. The number of aryl methyl sites for hydroxylation is 1. The minimum atomic E-state index is -0.951. The Morgan fingerprint density at radius 3 is 3.14 bits per heavy atom. The third kappa shape index (κ3) is 3.43. The molecule has 1 rings (SSSR count). The maximum Gasteiger partial charge on any atom is 0.328 e. The van der Waals surface area contributed by atoms with Gasteiger partial charge in [0, 0.05) is 18.8 Å². The molecule has 4 nitrogen and oxygen atoms in total. The van der Waals surface area contributed by atoms with E-state index in [1.165, 1.54) is 6.08 Å². The number of nitrogens with zero attached hydrogens (tertiary/aromatic N) is 2. The molecule has 0 radical (unpaired) electrons. The molecule has 0 aliphatic carbocycles. The summed E-state index contributed by atoms with van der Waals surface area (Å²) in [4.78, 5) is 14.3. The molecule has 0 aliphatic rings. The molecule has 76 valence electrons. The van der Waals surface area contributed by atoms with Crippen molar-refractivity contribution in [3.63, 3.8) is 0 Å². The smallest absolute Gasteiger partial charge is 0.328 e. The fourth-order valence-corrected chi connectivity index (χ4v) is 1.08. The molecule has 4 heteroatoms. The van der Waals surface area contributed by atoms with Gasteiger partial charge in [0.15, 0.2) is 0 Å². The summed E-state index contributed by atoms with van der Waals surface area (Å²) in [6, 6.07) is 0. The number of hydrogen-bond acceptors (Lipinski definition) is 2. The topological polar surface area (TPSA) is 55.1 Å². The zero-order valence-corrected chi connectivity index (χ0v) is 8.18. The van der Waals surface area contributed by atoms with Crippen LogP contribution < -0.4 is 0 Å². The number of aromatic nitrogens is 2. The summed E-state index contributed by atoms with van der Waals surface area (Å²) in [5.41, 5.74) is 0.684. The van der Waals surface area contributed by atoms with Crippen LogP contribution >= 0.6 is 0 Å². The fraction of sp³-hybridized carbons (Fsp3) is 0.400. The van der Waals surface area contributed by atoms with Gasteiger partial charge >= 0.3 is 5.97 Å². The van der Waals surface area contributed by atoms with E-state index >= 15 is 0 Å². The van der Waals surface area contributed by atoms with Crippen molar-refractivity contribution in [2.75, 3.05) is 0 Å². The van der Waals surface area contributed by atoms with Crippen molar-refractivity contribution in [2.45, 2.75) is 26.3 Å². The fourth-order valence-electron chi connectivity index (χ4n) is 1.08. The highest BCUT2D eigenvalue weighted by Crippen LogP contribution is 2.01. The van der Waals surface area contributed by atoms with E-state index in [2.05, 4.69) is 11.9 Å². The van der Waals surface area contributed by atoms with Gasteiger partial charge in [0.2, 0.25) is 0 Å². The van der Waals surface area contributed by atoms with Gasteiger partial charge in [-0.15, -0.1) is 0 Å². The first-order chi connectivity index (χ1) is 6.72. The highest BCUT2D eigenvalue weighted by Gasteiger charge is 1.95. The van der Waals surface area contributed by atoms with Gasteiger partial charge in [-0.2, -0.15) is 0 Å². The number of carboxylic acids is 1. The Bertz CT molecular complexity index is 329. The van der Waals surface area contributed by atoms with E-state index in [0.717, 1.165) is 25.5 Å². The molecular weight excluding hydrogens is 180 g/mol. The van der Waals surface area contributed by atoms with Crippen molar-refractivity contribution >= 4 is 12.0 Å². The number of carbonyl (C=O) groups is 1. The maximum atomic E-state index is 10.2. The first-order valence-corrected chi connectivity index (χ1v) is 4.65. The highest BCUT2D eigenvalue weighted by molar-refractivity contribution is 5.84. The zero-order valence-electron chi connectivity index (χ0n) is 8.18. The van der Waals surface area contributed by atoms with E-state index < -0.39 is 5.97 Å². The lowest BCUT2D eigenvalue weighted by atomic mass is 10.3. The van der Waals surface area contributed by atoms with Gasteiger partial charge in [0.25, 0.3) is 0 Å². The maximum absolute atomic E-state index is 10.2. The number of unbranched alkanes of at least 4 members (excludes halogenated alkanes) is 1. The Kier molecular flexibility index (Phi) is 3.91. The minimum Gasteiger partial charge on any atom is -0.478 e. The van der Waals surface area contributed by atoms with Crippen LogP contribution in [-0.4, -0.2) is 20.6 Å². The Morgan fingerprint density at radius 2 is 2.50 bits per heavy atom. The van der Waals surface area contributed by atoms with Crippen LogP contribution in [-0.2, 0) is 11.3 Å². The number of carboxylic acid groups (broad SMARTS) is 1. The lowest BCUT2D eigenvalue weighted by Gasteiger charge is -1.96. The predicted octanol–water partition coefficient (Wildman–Crippen LogP) is 1.78. The van der Waals surface area contributed by atoms with E-state index in [1.807, 2.05) is 10.8 Å². The van der Waals surface area contributed by atoms with E-state index in [4.69, 9.17) is 5.11 Å². The normalized spacial score (nSPS) is 10.9. The van der Waals surface area contributed by atoms with Gasteiger partial charge in [-0.3, -0.25) is 0 Å². The van der Waals surface area contributed by atoms with Crippen LogP contribution in [0, 0.1) is 0 Å². The molecule has 0 amide bonds. The quantitative estimate of drug-likeness (QED) is 0.727. The van der Waals surface area contributed by atoms with E-state index in [0.29, 0.717) is 5.69 Å². The number of rotatable bonds is 5. The third-order valence-electron chi connectivity index (χ3n) is 1.82. The van der Waals surface area contributed by atoms with Crippen LogP contribution in [0.5, 0.6) is 0 Å². The molecule has 14 heavy (non-hydrogen) atoms. The molecule has 0 aromatic carbocycles. The molecule has 0 aliphatic heterocycles. The summed E-state index contributed by atoms with van der Waals surface area (Å²) in [6.07, 6.45) is 8.39. The van der Waals surface area contributed by atoms with Crippen LogP contribution in [0.2, 0.25) is 0 Å². The van der Waals surface area contributed by atoms with Crippen molar-refractivity contribution in [3.8, 4) is 0 Å². The van der Waals surface area contributed by atoms with E-state index in [9.17, 15) is 4.79 Å². The second kappa shape index (κ2) is 5.21. The SMILES string of the molecule is CCCCn1cnc(/C=C/C(=O)O)c1. The summed E-state index contributed by atoms with van der Waals surface area (Å²) in [7, 11) is 0. The molecule has 0 spiro atoms. The van der Waals surface area contributed by atoms with Gasteiger partial charge in [-0.05, 0) is 12.5 Å². The molecule has 0 saturated heterocycles. The minimum absolute atomic E-state index is 0.684.